The summed E-state index contributed by atoms with van der Waals surface area (Å²) in [5.41, 5.74) is 2.97. The second-order valence-electron chi connectivity index (χ2n) is 8.48. The van der Waals surface area contributed by atoms with E-state index in [1.165, 1.54) is 30.9 Å². The summed E-state index contributed by atoms with van der Waals surface area (Å²) < 4.78 is 2.55. The van der Waals surface area contributed by atoms with Crippen molar-refractivity contribution in [2.75, 3.05) is 0 Å². The molecule has 4 heteroatoms. The number of fused-ring (bicyclic) bond motifs is 5. The normalized spacial score (nSPS) is 11.4. The topological polar surface area (TPSA) is 38.7 Å². The van der Waals surface area contributed by atoms with E-state index in [9.17, 15) is 0 Å². The van der Waals surface area contributed by atoms with Gasteiger partial charge in [-0.1, -0.05) is 109 Å². The van der Waals surface area contributed by atoms with Gasteiger partial charge >= 0.3 is 0 Å². The largest absolute Gasteiger partial charge is 0.208 e. The molecule has 0 saturated carbocycles. The highest BCUT2D eigenvalue weighted by Crippen LogP contribution is 2.41. The minimum atomic E-state index is 0.676. The molecule has 35 heavy (non-hydrogen) atoms. The molecule has 5 aromatic carbocycles. The van der Waals surface area contributed by atoms with E-state index < -0.39 is 0 Å². The monoisotopic (exact) mass is 465 g/mol. The van der Waals surface area contributed by atoms with Gasteiger partial charge in [0.25, 0.3) is 0 Å². The van der Waals surface area contributed by atoms with Gasteiger partial charge in [-0.05, 0) is 11.5 Å². The lowest BCUT2D eigenvalue weighted by atomic mass is 10.0. The van der Waals surface area contributed by atoms with Gasteiger partial charge < -0.3 is 0 Å². The van der Waals surface area contributed by atoms with Crippen molar-refractivity contribution in [2.24, 2.45) is 0 Å². The van der Waals surface area contributed by atoms with Crippen molar-refractivity contribution >= 4 is 42.3 Å². The van der Waals surface area contributed by atoms with Crippen LogP contribution in [0.15, 0.2) is 115 Å². The summed E-state index contributed by atoms with van der Waals surface area (Å²) in [7, 11) is 0. The van der Waals surface area contributed by atoms with E-state index >= 15 is 0 Å². The zero-order chi connectivity index (χ0) is 23.2. The molecule has 164 valence electrons. The maximum atomic E-state index is 4.99. The third-order valence-electron chi connectivity index (χ3n) is 6.33. The second kappa shape index (κ2) is 8.12. The molecule has 2 aromatic heterocycles. The third kappa shape index (κ3) is 3.38. The summed E-state index contributed by atoms with van der Waals surface area (Å²) in [6.07, 6.45) is 0. The Balaban J connectivity index is 1.55. The van der Waals surface area contributed by atoms with Crippen LogP contribution in [0.2, 0.25) is 0 Å². The molecular formula is C31H19N3S. The van der Waals surface area contributed by atoms with Gasteiger partial charge in [0.1, 0.15) is 0 Å². The Morgan fingerprint density at radius 2 is 1.09 bits per heavy atom. The van der Waals surface area contributed by atoms with Crippen LogP contribution in [0.5, 0.6) is 0 Å². The molecule has 0 amide bonds. The number of hydrogen-bond donors (Lipinski definition) is 0. The Morgan fingerprint density at radius 1 is 0.457 bits per heavy atom. The number of benzene rings is 5. The maximum Gasteiger partial charge on any atom is 0.164 e. The minimum Gasteiger partial charge on any atom is -0.208 e. The highest BCUT2D eigenvalue weighted by molar-refractivity contribution is 7.26. The van der Waals surface area contributed by atoms with Crippen LogP contribution in [0.3, 0.4) is 0 Å². The molecule has 0 aliphatic carbocycles. The number of hydrogen-bond acceptors (Lipinski definition) is 4. The predicted octanol–water partition coefficient (Wildman–Crippen LogP) is 8.39. The van der Waals surface area contributed by atoms with E-state index in [-0.39, 0.29) is 0 Å². The van der Waals surface area contributed by atoms with Crippen LogP contribution >= 0.6 is 11.3 Å². The van der Waals surface area contributed by atoms with E-state index in [2.05, 4.69) is 54.6 Å². The van der Waals surface area contributed by atoms with Gasteiger partial charge in [-0.25, -0.2) is 15.0 Å². The molecule has 0 N–H and O–H groups in total. The summed E-state index contributed by atoms with van der Waals surface area (Å²) in [6, 6.07) is 39.7. The molecule has 0 atom stereocenters. The zero-order valence-electron chi connectivity index (χ0n) is 18.7. The fourth-order valence-electron chi connectivity index (χ4n) is 4.67. The standard InChI is InChI=1S/C31H19N3S/c1-3-10-21(11-4-1)29-32-30(22-12-5-2-6-13-22)34-31(33-29)25-16-9-14-20-18-19-24-23-15-7-8-17-26(23)35-28(24)27(20)25/h1-19H. The van der Waals surface area contributed by atoms with Crippen molar-refractivity contribution in [3.05, 3.63) is 115 Å². The summed E-state index contributed by atoms with van der Waals surface area (Å²) in [4.78, 5) is 14.8. The molecule has 7 aromatic rings. The van der Waals surface area contributed by atoms with Gasteiger partial charge in [0.2, 0.25) is 0 Å². The summed E-state index contributed by atoms with van der Waals surface area (Å²) >= 11 is 1.83. The number of thiophene rings is 1. The lowest BCUT2D eigenvalue weighted by Gasteiger charge is -2.11. The molecule has 0 bridgehead atoms. The first kappa shape index (κ1) is 20.0. The molecule has 0 saturated heterocycles. The molecule has 0 fully saturated rings. The van der Waals surface area contributed by atoms with Crippen molar-refractivity contribution in [2.45, 2.75) is 0 Å². The lowest BCUT2D eigenvalue weighted by Crippen LogP contribution is -2.00. The summed E-state index contributed by atoms with van der Waals surface area (Å²) in [5.74, 6) is 2.04. The van der Waals surface area contributed by atoms with Crippen LogP contribution in [0, 0.1) is 0 Å². The summed E-state index contributed by atoms with van der Waals surface area (Å²) in [5, 5.41) is 4.93. The molecule has 0 spiro atoms. The van der Waals surface area contributed by atoms with Crippen molar-refractivity contribution in [1.82, 2.24) is 15.0 Å². The Kier molecular flexibility index (Phi) is 4.64. The van der Waals surface area contributed by atoms with Crippen LogP contribution in [0.25, 0.3) is 65.1 Å². The highest BCUT2D eigenvalue weighted by Gasteiger charge is 2.17. The maximum absolute atomic E-state index is 4.99. The first-order valence-electron chi connectivity index (χ1n) is 11.6. The molecule has 2 heterocycles. The van der Waals surface area contributed by atoms with Gasteiger partial charge in [-0.3, -0.25) is 0 Å². The van der Waals surface area contributed by atoms with E-state index in [0.29, 0.717) is 17.5 Å². The van der Waals surface area contributed by atoms with Crippen molar-refractivity contribution < 1.29 is 0 Å². The fraction of sp³-hybridized carbons (Fsp3) is 0. The molecule has 0 radical (unpaired) electrons. The Morgan fingerprint density at radius 3 is 1.80 bits per heavy atom. The SMILES string of the molecule is c1ccc(-c2nc(-c3ccccc3)nc(-c3cccc4ccc5c6ccccc6sc5c34)n2)cc1. The number of aromatic nitrogens is 3. The lowest BCUT2D eigenvalue weighted by molar-refractivity contribution is 1.08. The van der Waals surface area contributed by atoms with Crippen molar-refractivity contribution in [3.8, 4) is 34.2 Å². The fourth-order valence-corrected chi connectivity index (χ4v) is 5.94. The van der Waals surface area contributed by atoms with E-state index in [0.717, 1.165) is 16.7 Å². The zero-order valence-corrected chi connectivity index (χ0v) is 19.5. The van der Waals surface area contributed by atoms with E-state index in [1.807, 2.05) is 72.0 Å². The smallest absolute Gasteiger partial charge is 0.164 e. The first-order valence-corrected chi connectivity index (χ1v) is 12.4. The van der Waals surface area contributed by atoms with Crippen molar-refractivity contribution in [3.63, 3.8) is 0 Å². The van der Waals surface area contributed by atoms with Crippen LogP contribution in [-0.4, -0.2) is 15.0 Å². The summed E-state index contributed by atoms with van der Waals surface area (Å²) in [6.45, 7) is 0. The average Bonchev–Trinajstić information content (AvgIpc) is 3.32. The van der Waals surface area contributed by atoms with Crippen LogP contribution in [0.4, 0.5) is 0 Å². The van der Waals surface area contributed by atoms with Gasteiger partial charge in [0.05, 0.1) is 0 Å². The first-order chi connectivity index (χ1) is 17.3. The Bertz CT molecular complexity index is 1780. The quantitative estimate of drug-likeness (QED) is 0.263. The van der Waals surface area contributed by atoms with Crippen LogP contribution < -0.4 is 0 Å². The van der Waals surface area contributed by atoms with Crippen LogP contribution in [-0.2, 0) is 0 Å². The van der Waals surface area contributed by atoms with Crippen LogP contribution in [0.1, 0.15) is 0 Å². The molecule has 7 rings (SSSR count). The van der Waals surface area contributed by atoms with Gasteiger partial charge in [0, 0.05) is 42.2 Å². The molecule has 0 aliphatic rings. The predicted molar refractivity (Wildman–Crippen MR) is 147 cm³/mol. The Labute approximate surface area is 206 Å². The minimum absolute atomic E-state index is 0.676. The van der Waals surface area contributed by atoms with Gasteiger partial charge in [-0.2, -0.15) is 0 Å². The van der Waals surface area contributed by atoms with E-state index in [1.54, 1.807) is 0 Å². The third-order valence-corrected chi connectivity index (χ3v) is 7.53. The molecule has 3 nitrogen and oxygen atoms in total. The Hall–Kier alpha value is -4.41. The molecular weight excluding hydrogens is 446 g/mol. The molecule has 0 unspecified atom stereocenters. The number of nitrogens with zero attached hydrogens (tertiary/aromatic N) is 3. The van der Waals surface area contributed by atoms with Crippen molar-refractivity contribution in [1.29, 1.82) is 0 Å². The average molecular weight is 466 g/mol. The number of rotatable bonds is 3. The van der Waals surface area contributed by atoms with E-state index in [4.69, 9.17) is 15.0 Å². The van der Waals surface area contributed by atoms with Gasteiger partial charge in [-0.15, -0.1) is 11.3 Å². The molecule has 0 aliphatic heterocycles. The highest BCUT2D eigenvalue weighted by atomic mass is 32.1. The second-order valence-corrected chi connectivity index (χ2v) is 9.53. The van der Waals surface area contributed by atoms with Gasteiger partial charge in [0.15, 0.2) is 17.5 Å².